The molecular formula is C13H20ClN3O3. The number of methoxy groups -OCH3 is 1. The van der Waals surface area contributed by atoms with Crippen LogP contribution in [0.2, 0.25) is 0 Å². The van der Waals surface area contributed by atoms with E-state index in [0.29, 0.717) is 17.1 Å². The number of halogens is 1. The lowest BCUT2D eigenvalue weighted by Gasteiger charge is -2.13. The summed E-state index contributed by atoms with van der Waals surface area (Å²) in [6, 6.07) is 5.00. The molecule has 0 spiro atoms. The summed E-state index contributed by atoms with van der Waals surface area (Å²) in [4.78, 5) is 22.7. The molecule has 4 N–H and O–H groups in total. The summed E-state index contributed by atoms with van der Waals surface area (Å²) in [6.07, 6.45) is 0. The molecule has 0 aliphatic heterocycles. The second kappa shape index (κ2) is 8.39. The zero-order valence-electron chi connectivity index (χ0n) is 11.7. The van der Waals surface area contributed by atoms with E-state index in [1.165, 1.54) is 14.0 Å². The summed E-state index contributed by atoms with van der Waals surface area (Å²) in [5, 5.41) is 5.38. The molecule has 1 unspecified atom stereocenters. The molecule has 0 bridgehead atoms. The molecule has 0 aliphatic rings. The van der Waals surface area contributed by atoms with Crippen molar-refractivity contribution in [1.29, 1.82) is 0 Å². The quantitative estimate of drug-likeness (QED) is 0.770. The number of carbonyl (C=O) groups excluding carboxylic acids is 2. The molecular weight excluding hydrogens is 282 g/mol. The summed E-state index contributed by atoms with van der Waals surface area (Å²) in [5.41, 5.74) is 6.58. The monoisotopic (exact) mass is 301 g/mol. The van der Waals surface area contributed by atoms with Crippen LogP contribution in [0.5, 0.6) is 5.75 Å². The van der Waals surface area contributed by atoms with Gasteiger partial charge in [0.05, 0.1) is 12.8 Å². The smallest absolute Gasteiger partial charge is 0.228 e. The van der Waals surface area contributed by atoms with Crippen molar-refractivity contribution in [2.75, 3.05) is 24.3 Å². The number of anilines is 2. The molecule has 0 aliphatic carbocycles. The van der Waals surface area contributed by atoms with E-state index < -0.39 is 0 Å². The summed E-state index contributed by atoms with van der Waals surface area (Å²) in [6.45, 7) is 3.45. The highest BCUT2D eigenvalue weighted by atomic mass is 35.5. The lowest BCUT2D eigenvalue weighted by molar-refractivity contribution is -0.119. The van der Waals surface area contributed by atoms with Crippen molar-refractivity contribution in [3.63, 3.8) is 0 Å². The van der Waals surface area contributed by atoms with Crippen LogP contribution >= 0.6 is 12.4 Å². The second-order valence-electron chi connectivity index (χ2n) is 4.22. The number of nitrogens with one attached hydrogen (secondary N) is 2. The highest BCUT2D eigenvalue weighted by Crippen LogP contribution is 2.28. The van der Waals surface area contributed by atoms with E-state index in [1.807, 2.05) is 0 Å². The Hall–Kier alpha value is -1.79. The topological polar surface area (TPSA) is 93.4 Å². The van der Waals surface area contributed by atoms with Gasteiger partial charge < -0.3 is 21.1 Å². The normalized spacial score (nSPS) is 11.0. The molecule has 112 valence electrons. The largest absolute Gasteiger partial charge is 0.494 e. The third kappa shape index (κ3) is 5.07. The molecule has 1 rings (SSSR count). The number of amides is 2. The van der Waals surface area contributed by atoms with Gasteiger partial charge in [-0.2, -0.15) is 0 Å². The first kappa shape index (κ1) is 18.2. The SMILES string of the molecule is COc1cc(NC(=O)C(C)CN)ccc1NC(C)=O.Cl. The van der Waals surface area contributed by atoms with Crippen molar-refractivity contribution in [2.45, 2.75) is 13.8 Å². The highest BCUT2D eigenvalue weighted by molar-refractivity contribution is 5.94. The lowest BCUT2D eigenvalue weighted by atomic mass is 10.1. The van der Waals surface area contributed by atoms with E-state index in [4.69, 9.17) is 10.5 Å². The molecule has 6 nitrogen and oxygen atoms in total. The number of carbonyl (C=O) groups is 2. The Labute approximate surface area is 124 Å². The Morgan fingerprint density at radius 1 is 1.35 bits per heavy atom. The van der Waals surface area contributed by atoms with Crippen LogP contribution in [0, 0.1) is 5.92 Å². The predicted octanol–water partition coefficient (Wildman–Crippen LogP) is 1.61. The Bertz CT molecular complexity index is 480. The van der Waals surface area contributed by atoms with Gasteiger partial charge in [0.25, 0.3) is 0 Å². The van der Waals surface area contributed by atoms with Crippen molar-refractivity contribution >= 4 is 35.6 Å². The van der Waals surface area contributed by atoms with Crippen LogP contribution in [-0.4, -0.2) is 25.5 Å². The van der Waals surface area contributed by atoms with Crippen LogP contribution in [-0.2, 0) is 9.59 Å². The fourth-order valence-corrected chi connectivity index (χ4v) is 1.43. The summed E-state index contributed by atoms with van der Waals surface area (Å²) in [7, 11) is 1.49. The average Bonchev–Trinajstić information content (AvgIpc) is 2.38. The van der Waals surface area contributed by atoms with Gasteiger partial charge in [-0.3, -0.25) is 9.59 Å². The first-order valence-corrected chi connectivity index (χ1v) is 5.94. The Kier molecular flexibility index (Phi) is 7.64. The highest BCUT2D eigenvalue weighted by Gasteiger charge is 2.12. The molecule has 0 fully saturated rings. The van der Waals surface area contributed by atoms with Crippen LogP contribution in [0.15, 0.2) is 18.2 Å². The Morgan fingerprint density at radius 2 is 2.00 bits per heavy atom. The van der Waals surface area contributed by atoms with Gasteiger partial charge in [0.15, 0.2) is 0 Å². The number of ether oxygens (including phenoxy) is 1. The van der Waals surface area contributed by atoms with E-state index in [9.17, 15) is 9.59 Å². The average molecular weight is 302 g/mol. The zero-order valence-corrected chi connectivity index (χ0v) is 12.5. The van der Waals surface area contributed by atoms with E-state index in [0.717, 1.165) is 0 Å². The summed E-state index contributed by atoms with van der Waals surface area (Å²) < 4.78 is 5.16. The maximum absolute atomic E-state index is 11.7. The third-order valence-electron chi connectivity index (χ3n) is 2.58. The van der Waals surface area contributed by atoms with Crippen LogP contribution < -0.4 is 21.1 Å². The van der Waals surface area contributed by atoms with E-state index in [2.05, 4.69) is 10.6 Å². The van der Waals surface area contributed by atoms with Gasteiger partial charge in [0.2, 0.25) is 11.8 Å². The predicted molar refractivity (Wildman–Crippen MR) is 81.4 cm³/mol. The van der Waals surface area contributed by atoms with Crippen molar-refractivity contribution in [2.24, 2.45) is 11.7 Å². The summed E-state index contributed by atoms with van der Waals surface area (Å²) in [5.74, 6) is -0.127. The van der Waals surface area contributed by atoms with Crippen molar-refractivity contribution in [3.8, 4) is 5.75 Å². The minimum atomic E-state index is -0.263. The molecule has 1 atom stereocenters. The standard InChI is InChI=1S/C13H19N3O3.ClH/c1-8(7-14)13(18)16-10-4-5-11(15-9(2)17)12(6-10)19-3;/h4-6,8H,7,14H2,1-3H3,(H,15,17)(H,16,18);1H. The zero-order chi connectivity index (χ0) is 14.4. The van der Waals surface area contributed by atoms with E-state index >= 15 is 0 Å². The van der Waals surface area contributed by atoms with Gasteiger partial charge in [-0.1, -0.05) is 6.92 Å². The van der Waals surface area contributed by atoms with Gasteiger partial charge in [0, 0.05) is 31.1 Å². The lowest BCUT2D eigenvalue weighted by Crippen LogP contribution is -2.26. The second-order valence-corrected chi connectivity index (χ2v) is 4.22. The van der Waals surface area contributed by atoms with Gasteiger partial charge in [-0.15, -0.1) is 12.4 Å². The first-order chi connectivity index (χ1) is 8.97. The molecule has 20 heavy (non-hydrogen) atoms. The van der Waals surface area contributed by atoms with Gasteiger partial charge >= 0.3 is 0 Å². The third-order valence-corrected chi connectivity index (χ3v) is 2.58. The molecule has 0 heterocycles. The molecule has 0 radical (unpaired) electrons. The van der Waals surface area contributed by atoms with Crippen LogP contribution in [0.25, 0.3) is 0 Å². The van der Waals surface area contributed by atoms with Crippen LogP contribution in [0.4, 0.5) is 11.4 Å². The van der Waals surface area contributed by atoms with Crippen molar-refractivity contribution in [3.05, 3.63) is 18.2 Å². The van der Waals surface area contributed by atoms with Crippen molar-refractivity contribution < 1.29 is 14.3 Å². The van der Waals surface area contributed by atoms with E-state index in [-0.39, 0.29) is 36.7 Å². The molecule has 0 saturated heterocycles. The minimum absolute atomic E-state index is 0. The number of hydrogen-bond donors (Lipinski definition) is 3. The molecule has 7 heteroatoms. The van der Waals surface area contributed by atoms with Crippen LogP contribution in [0.1, 0.15) is 13.8 Å². The van der Waals surface area contributed by atoms with Crippen molar-refractivity contribution in [1.82, 2.24) is 0 Å². The van der Waals surface area contributed by atoms with Gasteiger partial charge in [-0.25, -0.2) is 0 Å². The number of rotatable bonds is 5. The maximum Gasteiger partial charge on any atom is 0.228 e. The molecule has 0 saturated carbocycles. The molecule has 0 aromatic heterocycles. The molecule has 1 aromatic rings. The maximum atomic E-state index is 11.7. The van der Waals surface area contributed by atoms with Crippen LogP contribution in [0.3, 0.4) is 0 Å². The number of hydrogen-bond acceptors (Lipinski definition) is 4. The first-order valence-electron chi connectivity index (χ1n) is 5.94. The molecule has 1 aromatic carbocycles. The number of nitrogens with two attached hydrogens (primary N) is 1. The Morgan fingerprint density at radius 3 is 2.50 bits per heavy atom. The fraction of sp³-hybridized carbons (Fsp3) is 0.385. The van der Waals surface area contributed by atoms with Gasteiger partial charge in [-0.05, 0) is 12.1 Å². The summed E-state index contributed by atoms with van der Waals surface area (Å²) >= 11 is 0. The number of benzene rings is 1. The van der Waals surface area contributed by atoms with E-state index in [1.54, 1.807) is 25.1 Å². The Balaban J connectivity index is 0.00000361. The fourth-order valence-electron chi connectivity index (χ4n) is 1.43. The minimum Gasteiger partial charge on any atom is -0.494 e. The van der Waals surface area contributed by atoms with Gasteiger partial charge in [0.1, 0.15) is 5.75 Å². The molecule has 2 amide bonds.